The lowest BCUT2D eigenvalue weighted by molar-refractivity contribution is 0.240. The van der Waals surface area contributed by atoms with Crippen molar-refractivity contribution < 1.29 is 13.6 Å². The van der Waals surface area contributed by atoms with Crippen molar-refractivity contribution in [2.24, 2.45) is 0 Å². The summed E-state index contributed by atoms with van der Waals surface area (Å²) >= 11 is 0. The molecular formula is C7H18NO3P. The first-order chi connectivity index (χ1) is 5.54. The zero-order valence-corrected chi connectivity index (χ0v) is 9.13. The van der Waals surface area contributed by atoms with Crippen molar-refractivity contribution in [1.29, 1.82) is 0 Å². The summed E-state index contributed by atoms with van der Waals surface area (Å²) in [6.07, 6.45) is 0.449. The Hall–Kier alpha value is 0.110. The molecule has 1 unspecified atom stereocenters. The number of hydrogen-bond donors (Lipinski definition) is 0. The minimum Gasteiger partial charge on any atom is -0.312 e. The van der Waals surface area contributed by atoms with E-state index in [0.29, 0.717) is 19.3 Å². The molecule has 0 fully saturated rings. The van der Waals surface area contributed by atoms with Crippen LogP contribution in [0.4, 0.5) is 0 Å². The second kappa shape index (κ2) is 5.70. The molecule has 0 heterocycles. The first-order valence-electron chi connectivity index (χ1n) is 3.98. The average molecular weight is 195 g/mol. The lowest BCUT2D eigenvalue weighted by Crippen LogP contribution is -2.17. The van der Waals surface area contributed by atoms with Gasteiger partial charge >= 0.3 is 7.60 Å². The summed E-state index contributed by atoms with van der Waals surface area (Å²) in [5, 5.41) is 0. The van der Waals surface area contributed by atoms with Crippen molar-refractivity contribution in [3.63, 3.8) is 0 Å². The molecule has 0 bridgehead atoms. The summed E-state index contributed by atoms with van der Waals surface area (Å²) in [5.74, 6) is 0. The van der Waals surface area contributed by atoms with E-state index in [0.717, 1.165) is 0 Å². The molecule has 0 rings (SSSR count). The largest absolute Gasteiger partial charge is 0.331 e. The van der Waals surface area contributed by atoms with Crippen LogP contribution in [0.5, 0.6) is 0 Å². The van der Waals surface area contributed by atoms with Crippen LogP contribution in [0.1, 0.15) is 6.92 Å². The van der Waals surface area contributed by atoms with Gasteiger partial charge in [-0.25, -0.2) is 0 Å². The van der Waals surface area contributed by atoms with Crippen LogP contribution in [0.3, 0.4) is 0 Å². The topological polar surface area (TPSA) is 38.8 Å². The van der Waals surface area contributed by atoms with E-state index in [1.807, 2.05) is 19.0 Å². The van der Waals surface area contributed by atoms with Crippen LogP contribution >= 0.6 is 7.60 Å². The summed E-state index contributed by atoms with van der Waals surface area (Å²) < 4.78 is 21.5. The van der Waals surface area contributed by atoms with Crippen LogP contribution in [0.15, 0.2) is 0 Å². The summed E-state index contributed by atoms with van der Waals surface area (Å²) in [6, 6.07) is 0. The highest BCUT2D eigenvalue weighted by Crippen LogP contribution is 2.46. The maximum absolute atomic E-state index is 11.6. The quantitative estimate of drug-likeness (QED) is 0.601. The van der Waals surface area contributed by atoms with Gasteiger partial charge in [-0.15, -0.1) is 0 Å². The number of hydrogen-bond acceptors (Lipinski definition) is 4. The fourth-order valence-corrected chi connectivity index (χ4v) is 2.18. The third kappa shape index (κ3) is 4.88. The molecule has 5 heteroatoms. The van der Waals surface area contributed by atoms with Gasteiger partial charge in [0.1, 0.15) is 0 Å². The summed E-state index contributed by atoms with van der Waals surface area (Å²) in [7, 11) is 2.47. The van der Waals surface area contributed by atoms with Gasteiger partial charge in [0.15, 0.2) is 0 Å². The van der Waals surface area contributed by atoms with Crippen LogP contribution in [0.25, 0.3) is 0 Å². The van der Waals surface area contributed by atoms with E-state index >= 15 is 0 Å². The first kappa shape index (κ1) is 12.1. The van der Waals surface area contributed by atoms with E-state index in [-0.39, 0.29) is 0 Å². The molecule has 1 atom stereocenters. The fourth-order valence-electron chi connectivity index (χ4n) is 0.728. The molecule has 12 heavy (non-hydrogen) atoms. The maximum Gasteiger partial charge on any atom is 0.331 e. The van der Waals surface area contributed by atoms with Gasteiger partial charge in [0.25, 0.3) is 0 Å². The Kier molecular flexibility index (Phi) is 5.76. The smallest absolute Gasteiger partial charge is 0.312 e. The predicted octanol–water partition coefficient (Wildman–Crippen LogP) is 1.42. The van der Waals surface area contributed by atoms with E-state index in [2.05, 4.69) is 0 Å². The molecule has 4 nitrogen and oxygen atoms in total. The molecule has 0 saturated carbocycles. The van der Waals surface area contributed by atoms with Crippen LogP contribution in [0.2, 0.25) is 0 Å². The van der Waals surface area contributed by atoms with Gasteiger partial charge in [-0.2, -0.15) is 0 Å². The van der Waals surface area contributed by atoms with Gasteiger partial charge in [0.05, 0.1) is 12.8 Å². The van der Waals surface area contributed by atoms with Crippen LogP contribution in [0, 0.1) is 0 Å². The fraction of sp³-hybridized carbons (Fsp3) is 1.00. The van der Waals surface area contributed by atoms with Crippen molar-refractivity contribution in [3.8, 4) is 0 Å². The Morgan fingerprint density at radius 2 is 2.00 bits per heavy atom. The molecule has 0 aliphatic carbocycles. The highest BCUT2D eigenvalue weighted by molar-refractivity contribution is 7.53. The Balaban J connectivity index is 3.88. The first-order valence-corrected chi connectivity index (χ1v) is 5.71. The second-order valence-corrected chi connectivity index (χ2v) is 5.03. The molecule has 0 aliphatic rings. The van der Waals surface area contributed by atoms with Gasteiger partial charge in [-0.3, -0.25) is 4.57 Å². The Morgan fingerprint density at radius 3 is 2.33 bits per heavy atom. The van der Waals surface area contributed by atoms with Crippen molar-refractivity contribution >= 4 is 7.60 Å². The summed E-state index contributed by atoms with van der Waals surface area (Å²) in [4.78, 5) is 1.95. The minimum absolute atomic E-state index is 0.429. The molecule has 0 aliphatic heterocycles. The SMILES string of the molecule is CCOP(=O)(CCN(C)C)OC. The molecular weight excluding hydrogens is 177 g/mol. The third-order valence-corrected chi connectivity index (χ3v) is 3.38. The summed E-state index contributed by atoms with van der Waals surface area (Å²) in [5.41, 5.74) is 0. The molecule has 0 spiro atoms. The minimum atomic E-state index is -2.80. The van der Waals surface area contributed by atoms with Crippen molar-refractivity contribution in [1.82, 2.24) is 4.90 Å². The molecule has 0 radical (unpaired) electrons. The van der Waals surface area contributed by atoms with Crippen molar-refractivity contribution in [2.75, 3.05) is 40.5 Å². The van der Waals surface area contributed by atoms with E-state index in [1.165, 1.54) is 7.11 Å². The monoisotopic (exact) mass is 195 g/mol. The normalized spacial score (nSPS) is 16.4. The van der Waals surface area contributed by atoms with E-state index in [4.69, 9.17) is 9.05 Å². The lowest BCUT2D eigenvalue weighted by atomic mass is 10.7. The molecule has 0 aromatic heterocycles. The van der Waals surface area contributed by atoms with Crippen molar-refractivity contribution in [3.05, 3.63) is 0 Å². The lowest BCUT2D eigenvalue weighted by Gasteiger charge is -2.17. The van der Waals surface area contributed by atoms with Gasteiger partial charge in [-0.05, 0) is 21.0 Å². The highest BCUT2D eigenvalue weighted by atomic mass is 31.2. The average Bonchev–Trinajstić information content (AvgIpc) is 2.02. The van der Waals surface area contributed by atoms with Gasteiger partial charge in [0.2, 0.25) is 0 Å². The molecule has 0 aromatic carbocycles. The predicted molar refractivity (Wildman–Crippen MR) is 49.7 cm³/mol. The zero-order chi connectivity index (χ0) is 9.61. The molecule has 74 valence electrons. The molecule has 0 saturated heterocycles. The molecule has 0 N–H and O–H groups in total. The Labute approximate surface area is 74.4 Å². The van der Waals surface area contributed by atoms with Crippen LogP contribution in [-0.4, -0.2) is 45.4 Å². The third-order valence-electron chi connectivity index (χ3n) is 1.43. The van der Waals surface area contributed by atoms with Gasteiger partial charge in [-0.1, -0.05) is 0 Å². The van der Waals surface area contributed by atoms with Gasteiger partial charge < -0.3 is 13.9 Å². The highest BCUT2D eigenvalue weighted by Gasteiger charge is 2.21. The Morgan fingerprint density at radius 1 is 1.42 bits per heavy atom. The van der Waals surface area contributed by atoms with Gasteiger partial charge in [0, 0.05) is 13.7 Å². The van der Waals surface area contributed by atoms with Crippen LogP contribution < -0.4 is 0 Å². The van der Waals surface area contributed by atoms with E-state index in [1.54, 1.807) is 6.92 Å². The molecule has 0 aromatic rings. The number of rotatable bonds is 6. The maximum atomic E-state index is 11.6. The number of nitrogens with zero attached hydrogens (tertiary/aromatic N) is 1. The standard InChI is InChI=1S/C7H18NO3P/c1-5-11-12(9,10-4)7-6-8(2)3/h5-7H2,1-4H3. The molecule has 0 amide bonds. The van der Waals surface area contributed by atoms with Crippen molar-refractivity contribution in [2.45, 2.75) is 6.92 Å². The zero-order valence-electron chi connectivity index (χ0n) is 8.24. The summed E-state index contributed by atoms with van der Waals surface area (Å²) in [6.45, 7) is 2.95. The van der Waals surface area contributed by atoms with E-state index < -0.39 is 7.60 Å². The van der Waals surface area contributed by atoms with E-state index in [9.17, 15) is 4.57 Å². The Bertz CT molecular complexity index is 161. The van der Waals surface area contributed by atoms with Crippen LogP contribution in [-0.2, 0) is 13.6 Å². The second-order valence-electron chi connectivity index (χ2n) is 2.74.